The summed E-state index contributed by atoms with van der Waals surface area (Å²) in [5, 5.41) is 10.8. The Kier molecular flexibility index (Phi) is 4.07. The Hall–Kier alpha value is -2.61. The second-order valence-electron chi connectivity index (χ2n) is 9.98. The van der Waals surface area contributed by atoms with Crippen molar-refractivity contribution in [2.24, 2.45) is 10.8 Å². The SMILES string of the molecule is COc1ccc(-c2nc3c(O)cc(C45OCC(C)(C)C4(C(C)(C)C)OO5)cc3o2)cc1. The van der Waals surface area contributed by atoms with Crippen molar-refractivity contribution in [3.8, 4) is 23.0 Å². The molecule has 2 aliphatic rings. The lowest BCUT2D eigenvalue weighted by Crippen LogP contribution is -2.73. The Balaban J connectivity index is 1.63. The summed E-state index contributed by atoms with van der Waals surface area (Å²) in [6.07, 6.45) is 0. The van der Waals surface area contributed by atoms with E-state index in [4.69, 9.17) is 23.7 Å². The normalized spacial score (nSPS) is 27.2. The summed E-state index contributed by atoms with van der Waals surface area (Å²) in [4.78, 5) is 16.1. The van der Waals surface area contributed by atoms with Gasteiger partial charge in [0.15, 0.2) is 16.7 Å². The molecule has 3 heterocycles. The minimum atomic E-state index is -1.15. The van der Waals surface area contributed by atoms with E-state index in [-0.39, 0.29) is 16.6 Å². The third-order valence-corrected chi connectivity index (χ3v) is 6.58. The zero-order valence-corrected chi connectivity index (χ0v) is 18.6. The van der Waals surface area contributed by atoms with Gasteiger partial charge in [-0.15, -0.1) is 0 Å². The van der Waals surface area contributed by atoms with Crippen LogP contribution in [0.5, 0.6) is 11.5 Å². The second-order valence-corrected chi connectivity index (χ2v) is 9.98. The van der Waals surface area contributed by atoms with Crippen LogP contribution in [0.1, 0.15) is 40.2 Å². The van der Waals surface area contributed by atoms with Gasteiger partial charge in [0.25, 0.3) is 5.79 Å². The zero-order chi connectivity index (χ0) is 22.2. The molecule has 7 nitrogen and oxygen atoms in total. The topological polar surface area (TPSA) is 83.2 Å². The quantitative estimate of drug-likeness (QED) is 0.580. The van der Waals surface area contributed by atoms with Gasteiger partial charge >= 0.3 is 0 Å². The molecule has 2 atom stereocenters. The number of rotatable bonds is 3. The summed E-state index contributed by atoms with van der Waals surface area (Å²) in [5.74, 6) is -0.00102. The molecule has 2 aliphatic heterocycles. The number of hydrogen-bond donors (Lipinski definition) is 1. The lowest BCUT2D eigenvalue weighted by molar-refractivity contribution is -0.626. The van der Waals surface area contributed by atoms with Crippen LogP contribution in [0, 0.1) is 10.8 Å². The van der Waals surface area contributed by atoms with Gasteiger partial charge in [0.2, 0.25) is 5.89 Å². The maximum atomic E-state index is 10.8. The molecule has 0 saturated carbocycles. The predicted molar refractivity (Wildman–Crippen MR) is 113 cm³/mol. The highest BCUT2D eigenvalue weighted by Gasteiger charge is 2.81. The molecule has 2 unspecified atom stereocenters. The van der Waals surface area contributed by atoms with Crippen molar-refractivity contribution in [3.63, 3.8) is 0 Å². The largest absolute Gasteiger partial charge is 0.506 e. The van der Waals surface area contributed by atoms with Gasteiger partial charge in [0, 0.05) is 22.0 Å². The molecule has 3 aromatic rings. The fourth-order valence-electron chi connectivity index (χ4n) is 5.30. The van der Waals surface area contributed by atoms with Crippen LogP contribution in [0.2, 0.25) is 0 Å². The maximum absolute atomic E-state index is 10.8. The minimum Gasteiger partial charge on any atom is -0.506 e. The van der Waals surface area contributed by atoms with E-state index in [2.05, 4.69) is 39.6 Å². The van der Waals surface area contributed by atoms with E-state index in [0.29, 0.717) is 29.2 Å². The number of benzene rings is 2. The third-order valence-electron chi connectivity index (χ3n) is 6.58. The lowest BCUT2D eigenvalue weighted by atomic mass is 9.57. The van der Waals surface area contributed by atoms with Crippen LogP contribution >= 0.6 is 0 Å². The molecule has 2 aromatic carbocycles. The first-order valence-corrected chi connectivity index (χ1v) is 10.3. The van der Waals surface area contributed by atoms with Crippen LogP contribution in [0.15, 0.2) is 40.8 Å². The first kappa shape index (κ1) is 20.3. The number of hydrogen-bond acceptors (Lipinski definition) is 7. The number of aromatic nitrogens is 1. The van der Waals surface area contributed by atoms with Crippen LogP contribution in [0.4, 0.5) is 0 Å². The predicted octanol–water partition coefficient (Wildman–Crippen LogP) is 5.16. The van der Waals surface area contributed by atoms with Crippen LogP contribution in [0.3, 0.4) is 0 Å². The standard InChI is InChI=1S/C24H27NO6/c1-21(2,3)24-22(4,5)13-28-23(24,30-31-24)15-11-17(26)19-18(12-15)29-20(25-19)14-7-9-16(27-6)10-8-14/h7-12,26H,13H2,1-6H3. The molecule has 2 saturated heterocycles. The van der Waals surface area contributed by atoms with Crippen LogP contribution < -0.4 is 4.74 Å². The Morgan fingerprint density at radius 3 is 2.35 bits per heavy atom. The van der Waals surface area contributed by atoms with E-state index in [1.165, 1.54) is 0 Å². The molecule has 1 aromatic heterocycles. The smallest absolute Gasteiger partial charge is 0.261 e. The summed E-state index contributed by atoms with van der Waals surface area (Å²) in [5.41, 5.74) is 0.885. The molecule has 0 amide bonds. The van der Waals surface area contributed by atoms with E-state index in [1.807, 2.05) is 30.3 Å². The number of aromatic hydroxyl groups is 1. The van der Waals surface area contributed by atoms with Gasteiger partial charge in [0.05, 0.1) is 13.7 Å². The molecule has 1 N–H and O–H groups in total. The first-order valence-electron chi connectivity index (χ1n) is 10.3. The highest BCUT2D eigenvalue weighted by Crippen LogP contribution is 2.69. The number of nitrogens with zero attached hydrogens (tertiary/aromatic N) is 1. The fraction of sp³-hybridized carbons (Fsp3) is 0.458. The summed E-state index contributed by atoms with van der Waals surface area (Å²) >= 11 is 0. The van der Waals surface area contributed by atoms with Crippen molar-refractivity contribution < 1.29 is 28.8 Å². The van der Waals surface area contributed by atoms with E-state index in [9.17, 15) is 5.11 Å². The lowest BCUT2D eigenvalue weighted by Gasteiger charge is -2.61. The zero-order valence-electron chi connectivity index (χ0n) is 18.6. The van der Waals surface area contributed by atoms with E-state index in [1.54, 1.807) is 13.2 Å². The Labute approximate surface area is 180 Å². The molecule has 5 rings (SSSR count). The average molecular weight is 425 g/mol. The molecule has 0 radical (unpaired) electrons. The molecule has 0 spiro atoms. The van der Waals surface area contributed by atoms with Gasteiger partial charge in [0.1, 0.15) is 11.5 Å². The van der Waals surface area contributed by atoms with Crippen molar-refractivity contribution in [1.82, 2.24) is 4.98 Å². The van der Waals surface area contributed by atoms with Crippen LogP contribution in [-0.4, -0.2) is 29.4 Å². The first-order chi connectivity index (χ1) is 14.5. The summed E-state index contributed by atoms with van der Waals surface area (Å²) in [7, 11) is 1.61. The van der Waals surface area contributed by atoms with Gasteiger partial charge in [-0.05, 0) is 36.4 Å². The van der Waals surface area contributed by atoms with Crippen molar-refractivity contribution in [2.45, 2.75) is 46.0 Å². The van der Waals surface area contributed by atoms with Crippen molar-refractivity contribution in [1.29, 1.82) is 0 Å². The summed E-state index contributed by atoms with van der Waals surface area (Å²) in [6.45, 7) is 11.0. The van der Waals surface area contributed by atoms with Crippen molar-refractivity contribution >= 4 is 11.1 Å². The molecule has 0 aliphatic carbocycles. The molecule has 2 fully saturated rings. The Morgan fingerprint density at radius 2 is 1.77 bits per heavy atom. The minimum absolute atomic E-state index is 0.00278. The number of phenolic OH excluding ortho intramolecular Hbond substituents is 1. The molecule has 164 valence electrons. The molecular formula is C24H27NO6. The highest BCUT2D eigenvalue weighted by atomic mass is 17.3. The molecule has 0 bridgehead atoms. The average Bonchev–Trinajstić information content (AvgIpc) is 3.17. The molecular weight excluding hydrogens is 398 g/mol. The number of oxazole rings is 1. The van der Waals surface area contributed by atoms with Crippen LogP contribution in [-0.2, 0) is 20.3 Å². The van der Waals surface area contributed by atoms with Gasteiger partial charge < -0.3 is 19.0 Å². The van der Waals surface area contributed by atoms with E-state index < -0.39 is 11.4 Å². The monoisotopic (exact) mass is 425 g/mol. The number of phenols is 1. The number of fused-ring (bicyclic) bond motifs is 2. The summed E-state index contributed by atoms with van der Waals surface area (Å²) < 4.78 is 17.5. The van der Waals surface area contributed by atoms with Crippen molar-refractivity contribution in [2.75, 3.05) is 13.7 Å². The number of methoxy groups -OCH3 is 1. The second kappa shape index (κ2) is 6.22. The Morgan fingerprint density at radius 1 is 1.06 bits per heavy atom. The van der Waals surface area contributed by atoms with E-state index in [0.717, 1.165) is 11.3 Å². The summed E-state index contributed by atoms with van der Waals surface area (Å²) in [6, 6.07) is 10.8. The highest BCUT2D eigenvalue weighted by molar-refractivity contribution is 5.83. The fourth-order valence-corrected chi connectivity index (χ4v) is 5.30. The van der Waals surface area contributed by atoms with Gasteiger partial charge in [-0.1, -0.05) is 34.6 Å². The third kappa shape index (κ3) is 2.48. The molecule has 7 heteroatoms. The van der Waals surface area contributed by atoms with E-state index >= 15 is 0 Å². The number of ether oxygens (including phenoxy) is 2. The molecule has 31 heavy (non-hydrogen) atoms. The van der Waals surface area contributed by atoms with Gasteiger partial charge in [-0.3, -0.25) is 0 Å². The van der Waals surface area contributed by atoms with Crippen LogP contribution in [0.25, 0.3) is 22.6 Å². The maximum Gasteiger partial charge on any atom is 0.261 e. The van der Waals surface area contributed by atoms with Gasteiger partial charge in [-0.2, -0.15) is 4.89 Å². The van der Waals surface area contributed by atoms with Crippen molar-refractivity contribution in [3.05, 3.63) is 42.0 Å². The van der Waals surface area contributed by atoms with Gasteiger partial charge in [-0.25, -0.2) is 9.87 Å². The Bertz CT molecular complexity index is 1160.